The van der Waals surface area contributed by atoms with Gasteiger partial charge >= 0.3 is 5.69 Å². The summed E-state index contributed by atoms with van der Waals surface area (Å²) >= 11 is 0. The Morgan fingerprint density at radius 3 is 2.62 bits per heavy atom. The van der Waals surface area contributed by atoms with Gasteiger partial charge in [0.1, 0.15) is 6.61 Å². The lowest BCUT2D eigenvalue weighted by Crippen LogP contribution is -2.25. The van der Waals surface area contributed by atoms with Crippen LogP contribution in [0.15, 0.2) is 59.7 Å². The van der Waals surface area contributed by atoms with Crippen molar-refractivity contribution in [2.24, 2.45) is 0 Å². The molecule has 4 aromatic rings. The molecule has 8 nitrogen and oxygen atoms in total. The standard InChI is InChI=1S/C20H18FN5O3/c1-29-17-4-2-3-14(19(17)21)11-25-18(12-27)24-26(20(25)28)16-7-5-13(6-8-16)15-9-22-23-10-15/h2-10,27H,11-12H2,1H3,(H,22,23). The fraction of sp³-hybridized carbons (Fsp3) is 0.150. The number of nitrogens with one attached hydrogen (secondary N) is 1. The van der Waals surface area contributed by atoms with Crippen molar-refractivity contribution in [2.45, 2.75) is 13.2 Å². The lowest BCUT2D eigenvalue weighted by molar-refractivity contribution is 0.264. The molecule has 29 heavy (non-hydrogen) atoms. The van der Waals surface area contributed by atoms with Crippen LogP contribution < -0.4 is 10.4 Å². The van der Waals surface area contributed by atoms with Crippen molar-refractivity contribution >= 4 is 0 Å². The number of rotatable bonds is 6. The zero-order valence-corrected chi connectivity index (χ0v) is 15.5. The molecule has 0 radical (unpaired) electrons. The molecule has 2 aromatic carbocycles. The van der Waals surface area contributed by atoms with E-state index >= 15 is 0 Å². The molecule has 0 atom stereocenters. The van der Waals surface area contributed by atoms with Crippen LogP contribution in [0.4, 0.5) is 4.39 Å². The molecule has 0 saturated carbocycles. The number of aliphatic hydroxyl groups is 1. The normalized spacial score (nSPS) is 11.0. The SMILES string of the molecule is COc1cccc(Cn2c(CO)nn(-c3ccc(-c4cn[nH]c4)cc3)c2=O)c1F. The van der Waals surface area contributed by atoms with Crippen LogP contribution in [0.3, 0.4) is 0 Å². The summed E-state index contributed by atoms with van der Waals surface area (Å²) in [5.74, 6) is -0.331. The number of nitrogens with zero attached hydrogens (tertiary/aromatic N) is 4. The number of H-pyrrole nitrogens is 1. The topological polar surface area (TPSA) is 98.0 Å². The van der Waals surface area contributed by atoms with E-state index in [-0.39, 0.29) is 23.7 Å². The minimum atomic E-state index is -0.553. The molecule has 0 fully saturated rings. The van der Waals surface area contributed by atoms with Crippen molar-refractivity contribution < 1.29 is 14.2 Å². The Labute approximate surface area is 164 Å². The van der Waals surface area contributed by atoms with Crippen LogP contribution in [-0.4, -0.2) is 36.8 Å². The minimum Gasteiger partial charge on any atom is -0.494 e. The third-order valence-electron chi connectivity index (χ3n) is 4.62. The van der Waals surface area contributed by atoms with Gasteiger partial charge in [0.2, 0.25) is 0 Å². The lowest BCUT2D eigenvalue weighted by atomic mass is 10.1. The third kappa shape index (κ3) is 3.43. The first-order chi connectivity index (χ1) is 14.1. The second-order valence-electron chi connectivity index (χ2n) is 6.32. The molecule has 0 saturated heterocycles. The number of hydrogen-bond acceptors (Lipinski definition) is 5. The van der Waals surface area contributed by atoms with Crippen molar-refractivity contribution in [2.75, 3.05) is 7.11 Å². The molecule has 0 aliphatic carbocycles. The number of benzene rings is 2. The van der Waals surface area contributed by atoms with Crippen molar-refractivity contribution in [3.63, 3.8) is 0 Å². The first-order valence-electron chi connectivity index (χ1n) is 8.83. The van der Waals surface area contributed by atoms with Gasteiger partial charge in [-0.2, -0.15) is 9.78 Å². The number of halogens is 1. The Kier molecular flexibility index (Phi) is 4.96. The molecule has 0 unspecified atom stereocenters. The highest BCUT2D eigenvalue weighted by atomic mass is 19.1. The number of methoxy groups -OCH3 is 1. The Morgan fingerprint density at radius 2 is 1.97 bits per heavy atom. The minimum absolute atomic E-state index is 0.0785. The summed E-state index contributed by atoms with van der Waals surface area (Å²) in [4.78, 5) is 12.9. The van der Waals surface area contributed by atoms with Gasteiger partial charge in [-0.05, 0) is 23.8 Å². The average molecular weight is 395 g/mol. The first-order valence-corrected chi connectivity index (χ1v) is 8.83. The fourth-order valence-corrected chi connectivity index (χ4v) is 3.09. The van der Waals surface area contributed by atoms with Gasteiger partial charge in [0, 0.05) is 17.3 Å². The van der Waals surface area contributed by atoms with E-state index in [1.165, 1.54) is 22.4 Å². The van der Waals surface area contributed by atoms with Crippen LogP contribution in [0, 0.1) is 5.82 Å². The van der Waals surface area contributed by atoms with E-state index in [1.807, 2.05) is 12.1 Å². The quantitative estimate of drug-likeness (QED) is 0.521. The first kappa shape index (κ1) is 18.6. The smallest absolute Gasteiger partial charge is 0.351 e. The molecule has 4 rings (SSSR count). The summed E-state index contributed by atoms with van der Waals surface area (Å²) in [6.45, 7) is -0.536. The number of aromatic amines is 1. The van der Waals surface area contributed by atoms with E-state index in [4.69, 9.17) is 4.74 Å². The summed E-state index contributed by atoms with van der Waals surface area (Å²) in [7, 11) is 1.37. The third-order valence-corrected chi connectivity index (χ3v) is 4.62. The van der Waals surface area contributed by atoms with Gasteiger partial charge < -0.3 is 9.84 Å². The van der Waals surface area contributed by atoms with Crippen molar-refractivity contribution in [3.8, 4) is 22.6 Å². The maximum atomic E-state index is 14.5. The van der Waals surface area contributed by atoms with Gasteiger partial charge in [-0.25, -0.2) is 9.18 Å². The van der Waals surface area contributed by atoms with Gasteiger partial charge in [-0.1, -0.05) is 24.3 Å². The number of ether oxygens (including phenoxy) is 1. The Balaban J connectivity index is 1.71. The maximum absolute atomic E-state index is 14.5. The highest BCUT2D eigenvalue weighted by molar-refractivity contribution is 5.62. The molecule has 0 amide bonds. The maximum Gasteiger partial charge on any atom is 0.351 e. The molecule has 0 bridgehead atoms. The predicted molar refractivity (Wildman–Crippen MR) is 103 cm³/mol. The van der Waals surface area contributed by atoms with E-state index < -0.39 is 18.1 Å². The summed E-state index contributed by atoms with van der Waals surface area (Å²) in [5.41, 5.74) is 2.15. The van der Waals surface area contributed by atoms with Crippen LogP contribution in [0.2, 0.25) is 0 Å². The van der Waals surface area contributed by atoms with E-state index in [2.05, 4.69) is 15.3 Å². The summed E-state index contributed by atoms with van der Waals surface area (Å²) in [6.07, 6.45) is 3.46. The van der Waals surface area contributed by atoms with Crippen molar-refractivity contribution in [1.29, 1.82) is 0 Å². The highest BCUT2D eigenvalue weighted by Gasteiger charge is 2.17. The van der Waals surface area contributed by atoms with Crippen LogP contribution in [0.25, 0.3) is 16.8 Å². The molecule has 0 spiro atoms. The molecule has 0 aliphatic rings. The zero-order valence-electron chi connectivity index (χ0n) is 15.5. The van der Waals surface area contributed by atoms with Gasteiger partial charge in [0.25, 0.3) is 0 Å². The van der Waals surface area contributed by atoms with Crippen LogP contribution in [0.1, 0.15) is 11.4 Å². The monoisotopic (exact) mass is 395 g/mol. The van der Waals surface area contributed by atoms with Gasteiger partial charge in [0.15, 0.2) is 17.4 Å². The highest BCUT2D eigenvalue weighted by Crippen LogP contribution is 2.21. The van der Waals surface area contributed by atoms with E-state index in [9.17, 15) is 14.3 Å². The predicted octanol–water partition coefficient (Wildman–Crippen LogP) is 2.11. The Bertz CT molecular complexity index is 1180. The lowest BCUT2D eigenvalue weighted by Gasteiger charge is -2.08. The average Bonchev–Trinajstić information content (AvgIpc) is 3.39. The Hall–Kier alpha value is -3.72. The molecule has 2 N–H and O–H groups in total. The number of hydrogen-bond donors (Lipinski definition) is 2. The summed E-state index contributed by atoms with van der Waals surface area (Å²) in [5, 5.41) is 20.5. The van der Waals surface area contributed by atoms with Crippen LogP contribution in [-0.2, 0) is 13.2 Å². The van der Waals surface area contributed by atoms with Gasteiger partial charge in [-0.3, -0.25) is 9.67 Å². The zero-order chi connectivity index (χ0) is 20.4. The van der Waals surface area contributed by atoms with Crippen molar-refractivity contribution in [1.82, 2.24) is 24.5 Å². The van der Waals surface area contributed by atoms with E-state index in [1.54, 1.807) is 36.7 Å². The van der Waals surface area contributed by atoms with E-state index in [0.717, 1.165) is 11.1 Å². The van der Waals surface area contributed by atoms with Gasteiger partial charge in [0.05, 0.1) is 25.5 Å². The van der Waals surface area contributed by atoms with Crippen LogP contribution >= 0.6 is 0 Å². The number of aliphatic hydroxyl groups excluding tert-OH is 1. The molecule has 2 aromatic heterocycles. The summed E-state index contributed by atoms with van der Waals surface area (Å²) < 4.78 is 21.9. The molecular weight excluding hydrogens is 377 g/mol. The summed E-state index contributed by atoms with van der Waals surface area (Å²) in [6, 6.07) is 11.9. The largest absolute Gasteiger partial charge is 0.494 e. The van der Waals surface area contributed by atoms with E-state index in [0.29, 0.717) is 5.69 Å². The molecular formula is C20H18FN5O3. The molecule has 9 heteroatoms. The molecule has 2 heterocycles. The molecule has 148 valence electrons. The van der Waals surface area contributed by atoms with Crippen LogP contribution in [0.5, 0.6) is 5.75 Å². The molecule has 0 aliphatic heterocycles. The van der Waals surface area contributed by atoms with Crippen molar-refractivity contribution in [3.05, 3.63) is 82.5 Å². The Morgan fingerprint density at radius 1 is 1.17 bits per heavy atom. The van der Waals surface area contributed by atoms with Gasteiger partial charge in [-0.15, -0.1) is 5.10 Å². The fourth-order valence-electron chi connectivity index (χ4n) is 3.09. The second kappa shape index (κ2) is 7.72. The second-order valence-corrected chi connectivity index (χ2v) is 6.32. The number of aromatic nitrogens is 5.